The zero-order valence-electron chi connectivity index (χ0n) is 16.1. The number of benzene rings is 3. The quantitative estimate of drug-likeness (QED) is 0.352. The molecule has 0 heterocycles. The molecule has 2 N–H and O–H groups in total. The molecule has 0 bridgehead atoms. The van der Waals surface area contributed by atoms with Crippen LogP contribution in [0.4, 0.5) is 5.69 Å². The van der Waals surface area contributed by atoms with Crippen LogP contribution in [0, 0.1) is 17.0 Å². The van der Waals surface area contributed by atoms with Gasteiger partial charge in [-0.3, -0.25) is 14.9 Å². The standard InChI is InChI=1S/C22H19N3O5/c1-15-11-19(25(28)29)12-18(22(15)27)13-23-24-21(26)14-30-20-9-7-17(8-10-20)16-5-3-2-4-6-16/h2-13,27H,14H2,1H3,(H,24,26)/b23-13+. The number of hydrogen-bond acceptors (Lipinski definition) is 6. The molecule has 3 aromatic carbocycles. The van der Waals surface area contributed by atoms with E-state index in [0.717, 1.165) is 17.3 Å². The summed E-state index contributed by atoms with van der Waals surface area (Å²) in [5, 5.41) is 24.6. The number of aryl methyl sites for hydroxylation is 1. The third-order valence-corrected chi connectivity index (χ3v) is 4.25. The van der Waals surface area contributed by atoms with Gasteiger partial charge in [-0.15, -0.1) is 0 Å². The van der Waals surface area contributed by atoms with E-state index >= 15 is 0 Å². The summed E-state index contributed by atoms with van der Waals surface area (Å²) in [7, 11) is 0. The molecule has 0 saturated carbocycles. The van der Waals surface area contributed by atoms with Gasteiger partial charge in [0.05, 0.1) is 11.1 Å². The average Bonchev–Trinajstić information content (AvgIpc) is 2.76. The van der Waals surface area contributed by atoms with Gasteiger partial charge in [-0.25, -0.2) is 5.43 Å². The molecule has 3 rings (SSSR count). The van der Waals surface area contributed by atoms with Crippen molar-refractivity contribution in [3.05, 3.63) is 88.0 Å². The SMILES string of the molecule is Cc1cc([N+](=O)[O-])cc(/C=N/NC(=O)COc2ccc(-c3ccccc3)cc2)c1O. The lowest BCUT2D eigenvalue weighted by molar-refractivity contribution is -0.384. The Bertz CT molecular complexity index is 1080. The highest BCUT2D eigenvalue weighted by molar-refractivity contribution is 5.87. The maximum Gasteiger partial charge on any atom is 0.277 e. The van der Waals surface area contributed by atoms with Crippen LogP contribution in [-0.2, 0) is 4.79 Å². The third-order valence-electron chi connectivity index (χ3n) is 4.25. The van der Waals surface area contributed by atoms with Crippen LogP contribution in [0.25, 0.3) is 11.1 Å². The second-order valence-corrected chi connectivity index (χ2v) is 6.43. The Morgan fingerprint density at radius 2 is 1.80 bits per heavy atom. The first-order valence-corrected chi connectivity index (χ1v) is 9.02. The molecule has 0 radical (unpaired) electrons. The van der Waals surface area contributed by atoms with Crippen LogP contribution >= 0.6 is 0 Å². The largest absolute Gasteiger partial charge is 0.507 e. The number of hydrazone groups is 1. The Labute approximate surface area is 172 Å². The molecule has 0 aliphatic rings. The molecule has 0 atom stereocenters. The van der Waals surface area contributed by atoms with Gasteiger partial charge in [-0.2, -0.15) is 5.10 Å². The van der Waals surface area contributed by atoms with Crippen LogP contribution < -0.4 is 10.2 Å². The predicted octanol–water partition coefficient (Wildman–Crippen LogP) is 3.80. The fourth-order valence-electron chi connectivity index (χ4n) is 2.72. The highest BCUT2D eigenvalue weighted by Gasteiger charge is 2.12. The number of rotatable bonds is 7. The summed E-state index contributed by atoms with van der Waals surface area (Å²) in [6, 6.07) is 19.6. The zero-order chi connectivity index (χ0) is 21.5. The summed E-state index contributed by atoms with van der Waals surface area (Å²) in [6.45, 7) is 1.27. The molecule has 0 aliphatic carbocycles. The molecule has 0 unspecified atom stereocenters. The molecule has 3 aromatic rings. The Morgan fingerprint density at radius 1 is 1.13 bits per heavy atom. The molecule has 0 fully saturated rings. The minimum absolute atomic E-state index is 0.124. The first-order valence-electron chi connectivity index (χ1n) is 9.02. The summed E-state index contributed by atoms with van der Waals surface area (Å²) < 4.78 is 5.43. The Hall–Kier alpha value is -4.20. The molecule has 0 spiro atoms. The van der Waals surface area contributed by atoms with Gasteiger partial charge < -0.3 is 9.84 Å². The van der Waals surface area contributed by atoms with E-state index in [-0.39, 0.29) is 23.6 Å². The van der Waals surface area contributed by atoms with Crippen molar-refractivity contribution < 1.29 is 19.6 Å². The number of carbonyl (C=O) groups excluding carboxylic acids is 1. The number of hydrogen-bond donors (Lipinski definition) is 2. The number of nitro benzene ring substituents is 1. The van der Waals surface area contributed by atoms with E-state index in [2.05, 4.69) is 10.5 Å². The zero-order valence-corrected chi connectivity index (χ0v) is 16.1. The average molecular weight is 405 g/mol. The highest BCUT2D eigenvalue weighted by atomic mass is 16.6. The summed E-state index contributed by atoms with van der Waals surface area (Å²) >= 11 is 0. The molecule has 8 nitrogen and oxygen atoms in total. The van der Waals surface area contributed by atoms with E-state index in [0.29, 0.717) is 11.3 Å². The van der Waals surface area contributed by atoms with Crippen LogP contribution in [0.3, 0.4) is 0 Å². The fourth-order valence-corrected chi connectivity index (χ4v) is 2.72. The first kappa shape index (κ1) is 20.5. The van der Waals surface area contributed by atoms with E-state index in [1.54, 1.807) is 12.1 Å². The number of carbonyl (C=O) groups is 1. The van der Waals surface area contributed by atoms with E-state index in [1.807, 2.05) is 42.5 Å². The Morgan fingerprint density at radius 3 is 2.47 bits per heavy atom. The van der Waals surface area contributed by atoms with Crippen LogP contribution in [-0.4, -0.2) is 28.8 Å². The van der Waals surface area contributed by atoms with Crippen molar-refractivity contribution in [2.24, 2.45) is 5.10 Å². The lowest BCUT2D eigenvalue weighted by atomic mass is 10.1. The third kappa shape index (κ3) is 5.20. The summed E-state index contributed by atoms with van der Waals surface area (Å²) in [5.74, 6) is -0.130. The van der Waals surface area contributed by atoms with Gasteiger partial charge in [-0.1, -0.05) is 42.5 Å². The van der Waals surface area contributed by atoms with Gasteiger partial charge in [0.2, 0.25) is 0 Å². The van der Waals surface area contributed by atoms with Crippen LogP contribution in [0.15, 0.2) is 71.8 Å². The number of non-ortho nitro benzene ring substituents is 1. The lowest BCUT2D eigenvalue weighted by Crippen LogP contribution is -2.24. The number of nitrogens with zero attached hydrogens (tertiary/aromatic N) is 2. The van der Waals surface area contributed by atoms with E-state index < -0.39 is 10.8 Å². The molecule has 0 saturated heterocycles. The fraction of sp³-hybridized carbons (Fsp3) is 0.0909. The molecule has 152 valence electrons. The molecule has 1 amide bonds. The molecule has 0 aromatic heterocycles. The van der Waals surface area contributed by atoms with Crippen LogP contribution in [0.5, 0.6) is 11.5 Å². The van der Waals surface area contributed by atoms with Crippen molar-refractivity contribution in [3.8, 4) is 22.6 Å². The maximum atomic E-state index is 11.9. The van der Waals surface area contributed by atoms with E-state index in [4.69, 9.17) is 4.74 Å². The van der Waals surface area contributed by atoms with Gasteiger partial charge in [-0.05, 0) is 35.7 Å². The number of nitro groups is 1. The van der Waals surface area contributed by atoms with Crippen molar-refractivity contribution in [3.63, 3.8) is 0 Å². The van der Waals surface area contributed by atoms with Crippen molar-refractivity contribution in [2.45, 2.75) is 6.92 Å². The number of nitrogens with one attached hydrogen (secondary N) is 1. The molecule has 8 heteroatoms. The Kier molecular flexibility index (Phi) is 6.39. The molecular formula is C22H19N3O5. The highest BCUT2D eigenvalue weighted by Crippen LogP contribution is 2.26. The van der Waals surface area contributed by atoms with Crippen LogP contribution in [0.1, 0.15) is 11.1 Å². The number of phenolic OH excluding ortho intramolecular Hbond substituents is 1. The topological polar surface area (TPSA) is 114 Å². The van der Waals surface area contributed by atoms with Crippen molar-refractivity contribution in [2.75, 3.05) is 6.61 Å². The summed E-state index contributed by atoms with van der Waals surface area (Å²) in [6.07, 6.45) is 1.14. The smallest absolute Gasteiger partial charge is 0.277 e. The van der Waals surface area contributed by atoms with Crippen molar-refractivity contribution in [1.82, 2.24) is 5.43 Å². The number of aromatic hydroxyl groups is 1. The molecule has 0 aliphatic heterocycles. The number of amides is 1. The normalized spacial score (nSPS) is 10.7. The van der Waals surface area contributed by atoms with E-state index in [9.17, 15) is 20.0 Å². The monoisotopic (exact) mass is 405 g/mol. The molecular weight excluding hydrogens is 386 g/mol. The van der Waals surface area contributed by atoms with E-state index in [1.165, 1.54) is 19.1 Å². The summed E-state index contributed by atoms with van der Waals surface area (Å²) in [5.41, 5.74) is 4.65. The van der Waals surface area contributed by atoms with Crippen molar-refractivity contribution in [1.29, 1.82) is 0 Å². The Balaban J connectivity index is 1.55. The second-order valence-electron chi connectivity index (χ2n) is 6.43. The number of phenols is 1. The maximum absolute atomic E-state index is 11.9. The van der Waals surface area contributed by atoms with Gasteiger partial charge in [0.15, 0.2) is 6.61 Å². The van der Waals surface area contributed by atoms with Gasteiger partial charge in [0.1, 0.15) is 11.5 Å². The number of ether oxygens (including phenoxy) is 1. The summed E-state index contributed by atoms with van der Waals surface area (Å²) in [4.78, 5) is 22.2. The minimum Gasteiger partial charge on any atom is -0.507 e. The van der Waals surface area contributed by atoms with Crippen LogP contribution in [0.2, 0.25) is 0 Å². The minimum atomic E-state index is -0.570. The van der Waals surface area contributed by atoms with Gasteiger partial charge in [0, 0.05) is 17.7 Å². The molecule has 30 heavy (non-hydrogen) atoms. The predicted molar refractivity (Wildman–Crippen MR) is 113 cm³/mol. The van der Waals surface area contributed by atoms with Gasteiger partial charge >= 0.3 is 0 Å². The lowest BCUT2D eigenvalue weighted by Gasteiger charge is -2.07. The van der Waals surface area contributed by atoms with Crippen molar-refractivity contribution >= 4 is 17.8 Å². The second kappa shape index (κ2) is 9.33. The first-order chi connectivity index (χ1) is 14.4. The van der Waals surface area contributed by atoms with Gasteiger partial charge in [0.25, 0.3) is 11.6 Å².